The first-order valence-electron chi connectivity index (χ1n) is 10.5. The lowest BCUT2D eigenvalue weighted by atomic mass is 9.69. The maximum atomic E-state index is 13.4. The number of ether oxygens (including phenoxy) is 2. The van der Waals surface area contributed by atoms with Gasteiger partial charge in [-0.15, -0.1) is 0 Å². The molecule has 7 heteroatoms. The molecule has 1 fully saturated rings. The Hall–Kier alpha value is -3.09. The van der Waals surface area contributed by atoms with Crippen LogP contribution in [-0.4, -0.2) is 29.9 Å². The Morgan fingerprint density at radius 1 is 1.19 bits per heavy atom. The predicted molar refractivity (Wildman–Crippen MR) is 114 cm³/mol. The molecule has 1 unspecified atom stereocenters. The molecule has 1 spiro atoms. The second-order valence-electron chi connectivity index (χ2n) is 8.61. The van der Waals surface area contributed by atoms with E-state index >= 15 is 0 Å². The molecule has 0 N–H and O–H groups in total. The van der Waals surface area contributed by atoms with Gasteiger partial charge in [0.1, 0.15) is 23.8 Å². The van der Waals surface area contributed by atoms with Crippen molar-refractivity contribution >= 4 is 17.7 Å². The van der Waals surface area contributed by atoms with Gasteiger partial charge in [-0.3, -0.25) is 9.59 Å². The fourth-order valence-electron chi connectivity index (χ4n) is 4.04. The number of esters is 2. The largest absolute Gasteiger partial charge is 0.457 e. The van der Waals surface area contributed by atoms with Crippen LogP contribution >= 0.6 is 0 Å². The van der Waals surface area contributed by atoms with E-state index < -0.39 is 41.2 Å². The van der Waals surface area contributed by atoms with Crippen molar-refractivity contribution in [3.05, 3.63) is 70.8 Å². The van der Waals surface area contributed by atoms with Crippen molar-refractivity contribution < 1.29 is 32.6 Å². The van der Waals surface area contributed by atoms with Gasteiger partial charge in [0.05, 0.1) is 17.4 Å². The highest BCUT2D eigenvalue weighted by Crippen LogP contribution is 2.45. The zero-order valence-corrected chi connectivity index (χ0v) is 18.3. The number of allylic oxidation sites excluding steroid dienone is 4. The number of carbonyl (C=O) groups excluding carboxylic acids is 3. The Labute approximate surface area is 185 Å². The van der Waals surface area contributed by atoms with Gasteiger partial charge in [-0.05, 0) is 64.0 Å². The molecule has 1 aromatic carbocycles. The Bertz CT molecular complexity index is 999. The smallest absolute Gasteiger partial charge is 0.338 e. The summed E-state index contributed by atoms with van der Waals surface area (Å²) in [6.45, 7) is 5.94. The predicted octanol–water partition coefficient (Wildman–Crippen LogP) is 5.01. The van der Waals surface area contributed by atoms with Gasteiger partial charge in [0.25, 0.3) is 0 Å². The molecule has 0 saturated carbocycles. The van der Waals surface area contributed by atoms with E-state index in [4.69, 9.17) is 9.47 Å². The van der Waals surface area contributed by atoms with Crippen LogP contribution in [0, 0.1) is 17.0 Å². The molecule has 0 aromatic heterocycles. The molecule has 3 rings (SSSR count). The summed E-state index contributed by atoms with van der Waals surface area (Å²) < 4.78 is 37.7. The molecule has 0 amide bonds. The van der Waals surface area contributed by atoms with Crippen LogP contribution in [0.5, 0.6) is 0 Å². The molecule has 1 aliphatic heterocycles. The van der Waals surface area contributed by atoms with E-state index in [1.54, 1.807) is 6.08 Å². The minimum atomic E-state index is -1.18. The molecule has 1 heterocycles. The van der Waals surface area contributed by atoms with Gasteiger partial charge in [0.2, 0.25) is 0 Å². The van der Waals surface area contributed by atoms with Crippen molar-refractivity contribution in [3.8, 4) is 0 Å². The zero-order chi connectivity index (χ0) is 23.5. The van der Waals surface area contributed by atoms with E-state index in [9.17, 15) is 23.2 Å². The zero-order valence-electron chi connectivity index (χ0n) is 18.3. The van der Waals surface area contributed by atoms with Crippen LogP contribution in [0.3, 0.4) is 0 Å². The molecule has 32 heavy (non-hydrogen) atoms. The Morgan fingerprint density at radius 3 is 2.53 bits per heavy atom. The molecule has 2 aliphatic rings. The highest BCUT2D eigenvalue weighted by molar-refractivity contribution is 6.00. The monoisotopic (exact) mass is 444 g/mol. The van der Waals surface area contributed by atoms with Gasteiger partial charge < -0.3 is 9.47 Å². The van der Waals surface area contributed by atoms with E-state index in [1.165, 1.54) is 17.7 Å². The number of cyclic esters (lactones) is 1. The number of benzene rings is 1. The number of rotatable bonds is 6. The third kappa shape index (κ3) is 5.39. The van der Waals surface area contributed by atoms with Gasteiger partial charge >= 0.3 is 11.9 Å². The van der Waals surface area contributed by atoms with Gasteiger partial charge in [-0.1, -0.05) is 17.2 Å². The number of halogens is 2. The summed E-state index contributed by atoms with van der Waals surface area (Å²) in [5.74, 6) is -3.48. The second-order valence-corrected chi connectivity index (χ2v) is 8.61. The number of carbonyl (C=O) groups is 3. The average molecular weight is 444 g/mol. The minimum absolute atomic E-state index is 0.0417. The van der Waals surface area contributed by atoms with Crippen molar-refractivity contribution in [1.29, 1.82) is 0 Å². The first kappa shape index (κ1) is 23.6. The topological polar surface area (TPSA) is 69.7 Å². The van der Waals surface area contributed by atoms with Crippen LogP contribution in [-0.2, 0) is 19.1 Å². The van der Waals surface area contributed by atoms with E-state index in [-0.39, 0.29) is 24.2 Å². The van der Waals surface area contributed by atoms with Gasteiger partial charge in [-0.25, -0.2) is 13.6 Å². The normalized spacial score (nSPS) is 25.1. The number of ketones is 1. The maximum absolute atomic E-state index is 13.4. The molecule has 0 radical (unpaired) electrons. The summed E-state index contributed by atoms with van der Waals surface area (Å²) in [7, 11) is 0. The lowest BCUT2D eigenvalue weighted by Gasteiger charge is -2.34. The van der Waals surface area contributed by atoms with Crippen molar-refractivity contribution in [1.82, 2.24) is 0 Å². The SMILES string of the molecule is CC(C)=CCC/C(C)=C/[C@H]1OC(=O)CC12C[C@H](OC(=O)c1cc(F)cc(F)c1)C=CC2=O. The van der Waals surface area contributed by atoms with Gasteiger partial charge in [0, 0.05) is 12.5 Å². The van der Waals surface area contributed by atoms with E-state index in [0.717, 1.165) is 30.5 Å². The van der Waals surface area contributed by atoms with Crippen LogP contribution < -0.4 is 0 Å². The fourth-order valence-corrected chi connectivity index (χ4v) is 4.04. The summed E-state index contributed by atoms with van der Waals surface area (Å²) in [5.41, 5.74) is 0.735. The van der Waals surface area contributed by atoms with E-state index in [2.05, 4.69) is 6.08 Å². The third-order valence-corrected chi connectivity index (χ3v) is 5.67. The highest BCUT2D eigenvalue weighted by Gasteiger charge is 2.55. The first-order chi connectivity index (χ1) is 15.1. The lowest BCUT2D eigenvalue weighted by Crippen LogP contribution is -2.43. The quantitative estimate of drug-likeness (QED) is 0.456. The summed E-state index contributed by atoms with van der Waals surface area (Å²) in [4.78, 5) is 37.4. The maximum Gasteiger partial charge on any atom is 0.338 e. The van der Waals surface area contributed by atoms with Crippen molar-refractivity contribution in [3.63, 3.8) is 0 Å². The molecule has 1 aliphatic carbocycles. The first-order valence-corrected chi connectivity index (χ1v) is 10.5. The minimum Gasteiger partial charge on any atom is -0.457 e. The standard InChI is InChI=1S/C25H26F2O5/c1-15(2)5-4-6-16(3)9-22-25(14-23(29)32-22)13-20(7-8-21(25)28)31-24(30)17-10-18(26)12-19(27)11-17/h5,7-12,20,22H,4,6,13-14H2,1-3H3/b16-9+/t20-,22-,25?/m1/s1. The van der Waals surface area contributed by atoms with Crippen LogP contribution in [0.4, 0.5) is 8.78 Å². The summed E-state index contributed by atoms with van der Waals surface area (Å²) in [5, 5.41) is 0. The van der Waals surface area contributed by atoms with Crippen LogP contribution in [0.1, 0.15) is 56.8 Å². The Morgan fingerprint density at radius 2 is 1.88 bits per heavy atom. The molecule has 5 nitrogen and oxygen atoms in total. The lowest BCUT2D eigenvalue weighted by molar-refractivity contribution is -0.140. The molecular formula is C25H26F2O5. The number of hydrogen-bond donors (Lipinski definition) is 0. The van der Waals surface area contributed by atoms with E-state index in [0.29, 0.717) is 6.07 Å². The van der Waals surface area contributed by atoms with Crippen molar-refractivity contribution in [2.75, 3.05) is 0 Å². The van der Waals surface area contributed by atoms with Gasteiger partial charge in [0.15, 0.2) is 5.78 Å². The summed E-state index contributed by atoms with van der Waals surface area (Å²) in [6.07, 6.45) is 6.49. The van der Waals surface area contributed by atoms with Crippen LogP contribution in [0.2, 0.25) is 0 Å². The van der Waals surface area contributed by atoms with Crippen molar-refractivity contribution in [2.24, 2.45) is 5.41 Å². The summed E-state index contributed by atoms with van der Waals surface area (Å²) >= 11 is 0. The molecule has 3 atom stereocenters. The number of hydrogen-bond acceptors (Lipinski definition) is 5. The average Bonchev–Trinajstić information content (AvgIpc) is 2.99. The molecule has 0 bridgehead atoms. The Balaban J connectivity index is 1.78. The molecule has 1 saturated heterocycles. The van der Waals surface area contributed by atoms with Crippen LogP contribution in [0.15, 0.2) is 53.6 Å². The van der Waals surface area contributed by atoms with Crippen molar-refractivity contribution in [2.45, 2.75) is 58.7 Å². The van der Waals surface area contributed by atoms with Crippen LogP contribution in [0.25, 0.3) is 0 Å². The third-order valence-electron chi connectivity index (χ3n) is 5.67. The van der Waals surface area contributed by atoms with Gasteiger partial charge in [-0.2, -0.15) is 0 Å². The summed E-state index contributed by atoms with van der Waals surface area (Å²) in [6, 6.07) is 2.41. The Kier molecular flexibility index (Phi) is 7.06. The van der Waals surface area contributed by atoms with E-state index in [1.807, 2.05) is 20.8 Å². The second kappa shape index (κ2) is 9.59. The molecule has 170 valence electrons. The fraction of sp³-hybridized carbons (Fsp3) is 0.400. The molecular weight excluding hydrogens is 418 g/mol. The molecule has 1 aromatic rings. The highest BCUT2D eigenvalue weighted by atomic mass is 19.1.